The van der Waals surface area contributed by atoms with Crippen LogP contribution in [0.3, 0.4) is 0 Å². The third-order valence-electron chi connectivity index (χ3n) is 4.92. The molecule has 0 aromatic heterocycles. The van der Waals surface area contributed by atoms with Crippen LogP contribution in [0, 0.1) is 0 Å². The van der Waals surface area contributed by atoms with E-state index in [-0.39, 0.29) is 17.9 Å². The van der Waals surface area contributed by atoms with Crippen molar-refractivity contribution in [2.45, 2.75) is 57.6 Å². The second-order valence-electron chi connectivity index (χ2n) is 6.90. The predicted octanol–water partition coefficient (Wildman–Crippen LogP) is 2.48. The quantitative estimate of drug-likeness (QED) is 0.623. The maximum Gasteiger partial charge on any atom is 0.409 e. The molecule has 6 heteroatoms. The molecule has 140 valence electrons. The lowest BCUT2D eigenvalue weighted by atomic mass is 9.92. The molecular weight excluding hydrogens is 320 g/mol. The van der Waals surface area contributed by atoms with Crippen molar-refractivity contribution in [3.8, 4) is 0 Å². The van der Waals surface area contributed by atoms with E-state index in [0.717, 1.165) is 44.2 Å². The SMILES string of the molecule is COC(=O)N1CCC=C(C[C@@H]2[C@H](O)CCCCCN2/C=C/C(C)=O)C1. The Morgan fingerprint density at radius 1 is 1.32 bits per heavy atom. The number of hydrogen-bond donors (Lipinski definition) is 1. The monoisotopic (exact) mass is 350 g/mol. The van der Waals surface area contributed by atoms with E-state index in [4.69, 9.17) is 4.74 Å². The lowest BCUT2D eigenvalue weighted by molar-refractivity contribution is -0.112. The molecular formula is C19H30N2O4. The van der Waals surface area contributed by atoms with Crippen LogP contribution in [-0.2, 0) is 9.53 Å². The number of nitrogens with zero attached hydrogens (tertiary/aromatic N) is 2. The summed E-state index contributed by atoms with van der Waals surface area (Å²) in [4.78, 5) is 26.9. The molecule has 0 bridgehead atoms. The molecule has 1 fully saturated rings. The summed E-state index contributed by atoms with van der Waals surface area (Å²) < 4.78 is 4.82. The van der Waals surface area contributed by atoms with Crippen molar-refractivity contribution in [3.63, 3.8) is 0 Å². The van der Waals surface area contributed by atoms with E-state index in [1.165, 1.54) is 14.0 Å². The highest BCUT2D eigenvalue weighted by Crippen LogP contribution is 2.25. The van der Waals surface area contributed by atoms with Crippen molar-refractivity contribution < 1.29 is 19.4 Å². The van der Waals surface area contributed by atoms with E-state index in [2.05, 4.69) is 11.0 Å². The highest BCUT2D eigenvalue weighted by molar-refractivity contribution is 5.87. The number of amides is 1. The zero-order valence-electron chi connectivity index (χ0n) is 15.3. The molecule has 0 aliphatic carbocycles. The fourth-order valence-corrected chi connectivity index (χ4v) is 3.56. The van der Waals surface area contributed by atoms with Crippen LogP contribution in [0.4, 0.5) is 4.79 Å². The third-order valence-corrected chi connectivity index (χ3v) is 4.92. The maximum atomic E-state index is 11.8. The van der Waals surface area contributed by atoms with Gasteiger partial charge in [-0.15, -0.1) is 0 Å². The Hall–Kier alpha value is -1.82. The highest BCUT2D eigenvalue weighted by Gasteiger charge is 2.28. The van der Waals surface area contributed by atoms with Crippen molar-refractivity contribution in [1.82, 2.24) is 9.80 Å². The van der Waals surface area contributed by atoms with Gasteiger partial charge in [-0.3, -0.25) is 4.79 Å². The van der Waals surface area contributed by atoms with Gasteiger partial charge < -0.3 is 19.6 Å². The molecule has 2 aliphatic heterocycles. The van der Waals surface area contributed by atoms with Gasteiger partial charge >= 0.3 is 6.09 Å². The molecule has 2 rings (SSSR count). The second kappa shape index (κ2) is 9.61. The van der Waals surface area contributed by atoms with E-state index >= 15 is 0 Å². The maximum absolute atomic E-state index is 11.8. The van der Waals surface area contributed by atoms with Gasteiger partial charge in [0, 0.05) is 25.8 Å². The summed E-state index contributed by atoms with van der Waals surface area (Å²) in [5, 5.41) is 10.7. The molecule has 1 saturated heterocycles. The molecule has 2 atom stereocenters. The Morgan fingerprint density at radius 2 is 2.12 bits per heavy atom. The number of aliphatic hydroxyl groups is 1. The summed E-state index contributed by atoms with van der Waals surface area (Å²) in [7, 11) is 1.40. The molecule has 2 aliphatic rings. The molecule has 0 aromatic carbocycles. The smallest absolute Gasteiger partial charge is 0.409 e. The van der Waals surface area contributed by atoms with Crippen LogP contribution in [0.1, 0.15) is 45.4 Å². The first-order valence-electron chi connectivity index (χ1n) is 9.14. The number of ketones is 1. The van der Waals surface area contributed by atoms with Gasteiger partial charge in [-0.05, 0) is 38.7 Å². The predicted molar refractivity (Wildman–Crippen MR) is 96.1 cm³/mol. The fraction of sp³-hybridized carbons (Fsp3) is 0.684. The summed E-state index contributed by atoms with van der Waals surface area (Å²) in [5.41, 5.74) is 1.14. The molecule has 6 nitrogen and oxygen atoms in total. The van der Waals surface area contributed by atoms with Crippen molar-refractivity contribution >= 4 is 11.9 Å². The van der Waals surface area contributed by atoms with Gasteiger partial charge in [0.2, 0.25) is 0 Å². The van der Waals surface area contributed by atoms with E-state index in [1.54, 1.807) is 11.0 Å². The third kappa shape index (κ3) is 5.88. The van der Waals surface area contributed by atoms with Crippen LogP contribution in [0.25, 0.3) is 0 Å². The normalized spacial score (nSPS) is 25.3. The number of rotatable bonds is 4. The molecule has 0 aromatic rings. The minimum Gasteiger partial charge on any atom is -0.453 e. The first kappa shape index (κ1) is 19.5. The molecule has 0 radical (unpaired) electrons. The van der Waals surface area contributed by atoms with Gasteiger partial charge in [0.05, 0.1) is 19.3 Å². The Labute approximate surface area is 150 Å². The summed E-state index contributed by atoms with van der Waals surface area (Å²) >= 11 is 0. The number of carbonyl (C=O) groups excluding carboxylic acids is 2. The first-order valence-corrected chi connectivity index (χ1v) is 9.14. The zero-order chi connectivity index (χ0) is 18.2. The van der Waals surface area contributed by atoms with Gasteiger partial charge in [-0.25, -0.2) is 4.79 Å². The van der Waals surface area contributed by atoms with Crippen molar-refractivity contribution in [3.05, 3.63) is 23.9 Å². The van der Waals surface area contributed by atoms with Gasteiger partial charge in [0.1, 0.15) is 0 Å². The van der Waals surface area contributed by atoms with Gasteiger partial charge in [-0.1, -0.05) is 24.5 Å². The minimum atomic E-state index is -0.439. The molecule has 0 unspecified atom stereocenters. The van der Waals surface area contributed by atoms with Crippen LogP contribution < -0.4 is 0 Å². The van der Waals surface area contributed by atoms with Crippen molar-refractivity contribution in [2.24, 2.45) is 0 Å². The van der Waals surface area contributed by atoms with E-state index in [0.29, 0.717) is 19.5 Å². The molecule has 0 spiro atoms. The van der Waals surface area contributed by atoms with Crippen molar-refractivity contribution in [1.29, 1.82) is 0 Å². The summed E-state index contributed by atoms with van der Waals surface area (Å²) in [6, 6.07) is -0.0697. The number of likely N-dealkylation sites (tertiary alicyclic amines) is 1. The standard InChI is InChI=1S/C19H30N2O4/c1-15(22)9-12-20-10-5-3-4-8-18(23)17(20)13-16-7-6-11-21(14-16)19(24)25-2/h7,9,12,17-18,23H,3-6,8,10-11,13-14H2,1-2H3/b12-9+/t17-,18-/m1/s1. The molecule has 1 N–H and O–H groups in total. The molecule has 0 saturated carbocycles. The second-order valence-corrected chi connectivity index (χ2v) is 6.90. The fourth-order valence-electron chi connectivity index (χ4n) is 3.56. The van der Waals surface area contributed by atoms with Crippen LogP contribution in [-0.4, -0.2) is 65.7 Å². The summed E-state index contributed by atoms with van der Waals surface area (Å²) in [5.74, 6) is 0.00375. The summed E-state index contributed by atoms with van der Waals surface area (Å²) in [6.07, 6.45) is 10.2. The Balaban J connectivity index is 2.11. The Morgan fingerprint density at radius 3 is 2.84 bits per heavy atom. The van der Waals surface area contributed by atoms with Crippen LogP contribution in [0.5, 0.6) is 0 Å². The van der Waals surface area contributed by atoms with E-state index in [1.807, 2.05) is 6.20 Å². The largest absolute Gasteiger partial charge is 0.453 e. The van der Waals surface area contributed by atoms with Gasteiger partial charge in [0.25, 0.3) is 0 Å². The number of allylic oxidation sites excluding steroid dienone is 1. The molecule has 2 heterocycles. The van der Waals surface area contributed by atoms with Gasteiger partial charge in [-0.2, -0.15) is 0 Å². The number of hydrogen-bond acceptors (Lipinski definition) is 5. The number of ether oxygens (including phenoxy) is 1. The highest BCUT2D eigenvalue weighted by atomic mass is 16.5. The minimum absolute atomic E-state index is 0.00375. The first-order chi connectivity index (χ1) is 12.0. The molecule has 1 amide bonds. The molecule has 25 heavy (non-hydrogen) atoms. The lowest BCUT2D eigenvalue weighted by Gasteiger charge is -2.38. The van der Waals surface area contributed by atoms with Crippen LogP contribution >= 0.6 is 0 Å². The zero-order valence-corrected chi connectivity index (χ0v) is 15.3. The Bertz CT molecular complexity index is 530. The average molecular weight is 350 g/mol. The number of methoxy groups -OCH3 is 1. The topological polar surface area (TPSA) is 70.1 Å². The Kier molecular flexibility index (Phi) is 7.50. The number of aliphatic hydroxyl groups excluding tert-OH is 1. The van der Waals surface area contributed by atoms with Gasteiger partial charge in [0.15, 0.2) is 5.78 Å². The average Bonchev–Trinajstić information content (AvgIpc) is 2.60. The van der Waals surface area contributed by atoms with Crippen LogP contribution in [0.2, 0.25) is 0 Å². The lowest BCUT2D eigenvalue weighted by Crippen LogP contribution is -2.44. The number of carbonyl (C=O) groups is 2. The van der Waals surface area contributed by atoms with Crippen molar-refractivity contribution in [2.75, 3.05) is 26.7 Å². The van der Waals surface area contributed by atoms with E-state index < -0.39 is 6.10 Å². The summed E-state index contributed by atoms with van der Waals surface area (Å²) in [6.45, 7) is 3.57. The van der Waals surface area contributed by atoms with Crippen LogP contribution in [0.15, 0.2) is 23.9 Å². The van der Waals surface area contributed by atoms with E-state index in [9.17, 15) is 14.7 Å².